The minimum atomic E-state index is -0.648. The van der Waals surface area contributed by atoms with Crippen LogP contribution in [0.1, 0.15) is 36.6 Å². The summed E-state index contributed by atoms with van der Waals surface area (Å²) in [7, 11) is 0. The van der Waals surface area contributed by atoms with Crippen LogP contribution in [0, 0.1) is 12.7 Å². The Bertz CT molecular complexity index is 799. The number of hydrogen-bond acceptors (Lipinski definition) is 3. The van der Waals surface area contributed by atoms with Crippen LogP contribution in [0.5, 0.6) is 0 Å². The van der Waals surface area contributed by atoms with Crippen molar-refractivity contribution in [2.75, 3.05) is 32.8 Å². The fourth-order valence-electron chi connectivity index (χ4n) is 3.57. The molecule has 0 bridgehead atoms. The molecule has 28 heavy (non-hydrogen) atoms. The second-order valence-electron chi connectivity index (χ2n) is 7.92. The molecular weight excluding hydrogens is 355 g/mol. The van der Waals surface area contributed by atoms with Crippen LogP contribution < -0.4 is 5.32 Å². The van der Waals surface area contributed by atoms with Crippen LogP contribution in [0.4, 0.5) is 4.39 Å². The number of rotatable bonds is 6. The van der Waals surface area contributed by atoms with Crippen molar-refractivity contribution in [2.45, 2.75) is 32.2 Å². The number of morpholine rings is 1. The van der Waals surface area contributed by atoms with E-state index in [0.29, 0.717) is 19.8 Å². The maximum Gasteiger partial charge on any atom is 0.230 e. The Balaban J connectivity index is 1.75. The molecule has 1 aliphatic heterocycles. The molecule has 5 heteroatoms. The van der Waals surface area contributed by atoms with E-state index in [1.807, 2.05) is 51.1 Å². The van der Waals surface area contributed by atoms with Gasteiger partial charge in [-0.25, -0.2) is 4.39 Å². The van der Waals surface area contributed by atoms with Gasteiger partial charge in [-0.1, -0.05) is 42.0 Å². The van der Waals surface area contributed by atoms with Gasteiger partial charge in [-0.05, 0) is 44.0 Å². The van der Waals surface area contributed by atoms with Gasteiger partial charge in [0.2, 0.25) is 5.91 Å². The van der Waals surface area contributed by atoms with E-state index in [1.54, 1.807) is 12.1 Å². The maximum absolute atomic E-state index is 13.8. The number of carbonyl (C=O) groups excluding carboxylic acids is 1. The van der Waals surface area contributed by atoms with Gasteiger partial charge in [-0.3, -0.25) is 9.69 Å². The number of aryl methyl sites for hydroxylation is 1. The van der Waals surface area contributed by atoms with Crippen molar-refractivity contribution in [1.29, 1.82) is 0 Å². The smallest absolute Gasteiger partial charge is 0.230 e. The third-order valence-electron chi connectivity index (χ3n) is 5.52. The first-order chi connectivity index (χ1) is 13.4. The normalized spacial score (nSPS) is 16.6. The summed E-state index contributed by atoms with van der Waals surface area (Å²) >= 11 is 0. The van der Waals surface area contributed by atoms with Crippen LogP contribution >= 0.6 is 0 Å². The number of nitrogens with zero attached hydrogens (tertiary/aromatic N) is 1. The summed E-state index contributed by atoms with van der Waals surface area (Å²) in [6.45, 7) is 9.14. The first-order valence-corrected chi connectivity index (χ1v) is 9.80. The number of nitrogens with one attached hydrogen (secondary N) is 1. The molecule has 4 nitrogen and oxygen atoms in total. The Morgan fingerprint density at radius 1 is 1.18 bits per heavy atom. The van der Waals surface area contributed by atoms with Gasteiger partial charge in [-0.2, -0.15) is 0 Å². The number of hydrogen-bond donors (Lipinski definition) is 1. The van der Waals surface area contributed by atoms with Crippen LogP contribution in [0.2, 0.25) is 0 Å². The highest BCUT2D eigenvalue weighted by Gasteiger charge is 2.31. The molecular formula is C23H29FN2O2. The highest BCUT2D eigenvalue weighted by atomic mass is 19.1. The molecule has 1 aliphatic rings. The molecule has 0 radical (unpaired) electrons. The molecule has 1 heterocycles. The van der Waals surface area contributed by atoms with E-state index < -0.39 is 5.41 Å². The van der Waals surface area contributed by atoms with E-state index in [4.69, 9.17) is 4.74 Å². The van der Waals surface area contributed by atoms with E-state index in [9.17, 15) is 9.18 Å². The van der Waals surface area contributed by atoms with Gasteiger partial charge in [0.15, 0.2) is 0 Å². The SMILES string of the molecule is Cc1ccc(C(C)(C)C(=O)NCC(c2cccc(F)c2)N2CCOCC2)cc1. The summed E-state index contributed by atoms with van der Waals surface area (Å²) in [6, 6.07) is 14.6. The lowest BCUT2D eigenvalue weighted by molar-refractivity contribution is -0.126. The number of ether oxygens (including phenoxy) is 1. The molecule has 0 aliphatic carbocycles. The molecule has 1 fully saturated rings. The Labute approximate surface area is 166 Å². The largest absolute Gasteiger partial charge is 0.379 e. The summed E-state index contributed by atoms with van der Waals surface area (Å²) in [6.07, 6.45) is 0. The molecule has 0 spiro atoms. The van der Waals surface area contributed by atoms with Crippen LogP contribution in [0.25, 0.3) is 0 Å². The topological polar surface area (TPSA) is 41.6 Å². The lowest BCUT2D eigenvalue weighted by atomic mass is 9.83. The first kappa shape index (κ1) is 20.5. The van der Waals surface area contributed by atoms with Gasteiger partial charge >= 0.3 is 0 Å². The standard InChI is InChI=1S/C23H29FN2O2/c1-17-7-9-19(10-8-17)23(2,3)22(27)25-16-21(26-11-13-28-14-12-26)18-5-4-6-20(24)15-18/h4-10,15,21H,11-14,16H2,1-3H3,(H,25,27). The number of amides is 1. The monoisotopic (exact) mass is 384 g/mol. The van der Waals surface area contributed by atoms with E-state index >= 15 is 0 Å². The molecule has 0 saturated carbocycles. The lowest BCUT2D eigenvalue weighted by Gasteiger charge is -2.35. The van der Waals surface area contributed by atoms with Gasteiger partial charge in [0.05, 0.1) is 24.7 Å². The van der Waals surface area contributed by atoms with Gasteiger partial charge in [0.25, 0.3) is 0 Å². The average molecular weight is 384 g/mol. The molecule has 2 aromatic carbocycles. The molecule has 1 amide bonds. The molecule has 3 rings (SSSR count). The second-order valence-corrected chi connectivity index (χ2v) is 7.92. The van der Waals surface area contributed by atoms with E-state index in [0.717, 1.165) is 24.2 Å². The van der Waals surface area contributed by atoms with Crippen LogP contribution in [-0.2, 0) is 14.9 Å². The Morgan fingerprint density at radius 3 is 2.50 bits per heavy atom. The fraction of sp³-hybridized carbons (Fsp3) is 0.435. The average Bonchev–Trinajstić information content (AvgIpc) is 2.69. The fourth-order valence-corrected chi connectivity index (χ4v) is 3.57. The molecule has 1 atom stereocenters. The zero-order valence-electron chi connectivity index (χ0n) is 16.9. The molecule has 2 aromatic rings. The van der Waals surface area contributed by atoms with Crippen molar-refractivity contribution in [3.8, 4) is 0 Å². The second kappa shape index (κ2) is 8.84. The molecule has 1 unspecified atom stereocenters. The highest BCUT2D eigenvalue weighted by Crippen LogP contribution is 2.26. The number of benzene rings is 2. The summed E-state index contributed by atoms with van der Waals surface area (Å²) in [4.78, 5) is 15.3. The van der Waals surface area contributed by atoms with E-state index in [2.05, 4.69) is 10.2 Å². The van der Waals surface area contributed by atoms with Gasteiger partial charge in [-0.15, -0.1) is 0 Å². The molecule has 1 saturated heterocycles. The van der Waals surface area contributed by atoms with Gasteiger partial charge in [0, 0.05) is 19.6 Å². The Hall–Kier alpha value is -2.24. The Morgan fingerprint density at radius 2 is 1.86 bits per heavy atom. The lowest BCUT2D eigenvalue weighted by Crippen LogP contribution is -2.47. The van der Waals surface area contributed by atoms with Crippen LogP contribution in [0.3, 0.4) is 0 Å². The zero-order valence-corrected chi connectivity index (χ0v) is 16.9. The third-order valence-corrected chi connectivity index (χ3v) is 5.52. The maximum atomic E-state index is 13.8. The first-order valence-electron chi connectivity index (χ1n) is 9.80. The highest BCUT2D eigenvalue weighted by molar-refractivity contribution is 5.87. The van der Waals surface area contributed by atoms with Crippen LogP contribution in [0.15, 0.2) is 48.5 Å². The zero-order chi connectivity index (χ0) is 20.1. The van der Waals surface area contributed by atoms with Crippen molar-refractivity contribution < 1.29 is 13.9 Å². The molecule has 150 valence electrons. The van der Waals surface area contributed by atoms with E-state index in [1.165, 1.54) is 11.6 Å². The predicted octanol–water partition coefficient (Wildman–Crippen LogP) is 3.60. The van der Waals surface area contributed by atoms with Crippen molar-refractivity contribution in [1.82, 2.24) is 10.2 Å². The third kappa shape index (κ3) is 4.78. The van der Waals surface area contributed by atoms with Crippen molar-refractivity contribution >= 4 is 5.91 Å². The molecule has 0 aromatic heterocycles. The minimum Gasteiger partial charge on any atom is -0.379 e. The van der Waals surface area contributed by atoms with Gasteiger partial charge < -0.3 is 10.1 Å². The van der Waals surface area contributed by atoms with Crippen molar-refractivity contribution in [2.24, 2.45) is 0 Å². The van der Waals surface area contributed by atoms with Gasteiger partial charge in [0.1, 0.15) is 5.82 Å². The summed E-state index contributed by atoms with van der Waals surface area (Å²) in [5.41, 5.74) is 2.36. The van der Waals surface area contributed by atoms with Crippen molar-refractivity contribution in [3.05, 3.63) is 71.0 Å². The van der Waals surface area contributed by atoms with E-state index in [-0.39, 0.29) is 17.8 Å². The van der Waals surface area contributed by atoms with Crippen molar-refractivity contribution in [3.63, 3.8) is 0 Å². The van der Waals surface area contributed by atoms with Crippen LogP contribution in [-0.4, -0.2) is 43.7 Å². The quantitative estimate of drug-likeness (QED) is 0.827. The molecule has 1 N–H and O–H groups in total. The summed E-state index contributed by atoms with van der Waals surface area (Å²) < 4.78 is 19.3. The summed E-state index contributed by atoms with van der Waals surface area (Å²) in [5.74, 6) is -0.298. The number of carbonyl (C=O) groups is 1. The predicted molar refractivity (Wildman–Crippen MR) is 109 cm³/mol. The number of halogens is 1. The summed E-state index contributed by atoms with van der Waals surface area (Å²) in [5, 5.41) is 3.11. The Kier molecular flexibility index (Phi) is 6.47. The minimum absolute atomic E-state index is 0.0361.